The molecule has 9 heteroatoms. The third kappa shape index (κ3) is 3.19. The quantitative estimate of drug-likeness (QED) is 0.391. The van der Waals surface area contributed by atoms with Gasteiger partial charge in [-0.1, -0.05) is 12.7 Å². The second-order valence-electron chi connectivity index (χ2n) is 7.47. The second kappa shape index (κ2) is 7.22. The van der Waals surface area contributed by atoms with Gasteiger partial charge in [-0.25, -0.2) is 4.79 Å². The summed E-state index contributed by atoms with van der Waals surface area (Å²) in [6.45, 7) is 8.52. The molecule has 0 bridgehead atoms. The van der Waals surface area contributed by atoms with E-state index in [9.17, 15) is 24.3 Å². The number of β-lactam (4-membered cyclic amide) rings is 1. The molecule has 154 valence electrons. The van der Waals surface area contributed by atoms with Crippen molar-refractivity contribution in [1.82, 2.24) is 10.2 Å². The summed E-state index contributed by atoms with van der Waals surface area (Å²) in [4.78, 5) is 51.1. The third-order valence-electron chi connectivity index (χ3n) is 5.13. The van der Waals surface area contributed by atoms with Crippen LogP contribution >= 0.6 is 11.8 Å². The summed E-state index contributed by atoms with van der Waals surface area (Å²) in [6, 6.07) is 5.17. The molecule has 3 atom stereocenters. The average Bonchev–Trinajstić information content (AvgIpc) is 2.93. The van der Waals surface area contributed by atoms with E-state index >= 15 is 0 Å². The van der Waals surface area contributed by atoms with Crippen molar-refractivity contribution < 1.29 is 29.0 Å². The molecule has 29 heavy (non-hydrogen) atoms. The largest absolute Gasteiger partial charge is 0.490 e. The Morgan fingerprint density at radius 1 is 1.31 bits per heavy atom. The monoisotopic (exact) mass is 418 g/mol. The van der Waals surface area contributed by atoms with Gasteiger partial charge < -0.3 is 20.1 Å². The molecule has 3 rings (SSSR count). The van der Waals surface area contributed by atoms with Crippen molar-refractivity contribution in [2.45, 2.75) is 42.5 Å². The number of amides is 2. The number of carbonyl (C=O) groups is 4. The molecule has 0 aromatic heterocycles. The van der Waals surface area contributed by atoms with Gasteiger partial charge in [0, 0.05) is 10.3 Å². The van der Waals surface area contributed by atoms with E-state index in [1.165, 1.54) is 35.7 Å². The molecule has 2 fully saturated rings. The fourth-order valence-electron chi connectivity index (χ4n) is 3.70. The number of ether oxygens (including phenoxy) is 1. The Kier molecular flexibility index (Phi) is 5.20. The minimum atomic E-state index is -1.78. The Morgan fingerprint density at radius 2 is 1.93 bits per heavy atom. The van der Waals surface area contributed by atoms with Crippen molar-refractivity contribution in [3.8, 4) is 5.75 Å². The smallest absolute Gasteiger partial charge is 0.327 e. The van der Waals surface area contributed by atoms with Crippen LogP contribution in [-0.4, -0.2) is 61.9 Å². The van der Waals surface area contributed by atoms with Crippen LogP contribution in [0.4, 0.5) is 0 Å². The van der Waals surface area contributed by atoms with E-state index in [1.54, 1.807) is 32.1 Å². The van der Waals surface area contributed by atoms with Crippen LogP contribution < -0.4 is 10.1 Å². The van der Waals surface area contributed by atoms with E-state index in [2.05, 4.69) is 11.9 Å². The minimum Gasteiger partial charge on any atom is -0.490 e. The number of benzene rings is 1. The summed E-state index contributed by atoms with van der Waals surface area (Å²) in [5.74, 6) is -2.42. The van der Waals surface area contributed by atoms with Gasteiger partial charge in [-0.2, -0.15) is 0 Å². The van der Waals surface area contributed by atoms with Crippen molar-refractivity contribution in [2.75, 3.05) is 6.61 Å². The maximum Gasteiger partial charge on any atom is 0.327 e. The van der Waals surface area contributed by atoms with Gasteiger partial charge in [0.2, 0.25) is 5.54 Å². The predicted octanol–water partition coefficient (Wildman–Crippen LogP) is 1.46. The number of nitrogens with one attached hydrogen (secondary N) is 1. The molecule has 0 radical (unpaired) electrons. The number of fused-ring (bicyclic) bond motifs is 1. The van der Waals surface area contributed by atoms with Crippen molar-refractivity contribution in [1.29, 1.82) is 0 Å². The molecular weight excluding hydrogens is 396 g/mol. The fourth-order valence-corrected chi connectivity index (χ4v) is 5.45. The van der Waals surface area contributed by atoms with Gasteiger partial charge in [0.05, 0.1) is 0 Å². The summed E-state index contributed by atoms with van der Waals surface area (Å²) in [7, 11) is 0. The first kappa shape index (κ1) is 20.9. The number of hydrogen-bond acceptors (Lipinski definition) is 6. The van der Waals surface area contributed by atoms with Crippen LogP contribution in [0.15, 0.2) is 36.9 Å². The highest BCUT2D eigenvalue weighted by atomic mass is 32.2. The van der Waals surface area contributed by atoms with E-state index in [1.807, 2.05) is 0 Å². The molecule has 2 amide bonds. The number of carboxylic acids is 1. The number of ketones is 1. The molecule has 0 saturated carbocycles. The molecule has 8 nitrogen and oxygen atoms in total. The number of carboxylic acid groups (broad SMARTS) is 1. The van der Waals surface area contributed by atoms with Crippen molar-refractivity contribution in [3.63, 3.8) is 0 Å². The molecular formula is C20H22N2O6S. The Hall–Kier alpha value is -2.81. The fraction of sp³-hybridized carbons (Fsp3) is 0.400. The number of Topliss-reactive ketones (excluding diaryl/α,β-unsaturated/α-hetero) is 1. The van der Waals surface area contributed by atoms with Crippen LogP contribution in [0.5, 0.6) is 5.75 Å². The van der Waals surface area contributed by atoms with Gasteiger partial charge in [0.1, 0.15) is 23.8 Å². The molecule has 2 N–H and O–H groups in total. The maximum absolute atomic E-state index is 12.9. The Bertz CT molecular complexity index is 897. The van der Waals surface area contributed by atoms with Gasteiger partial charge in [-0.05, 0) is 45.0 Å². The average molecular weight is 418 g/mol. The summed E-state index contributed by atoms with van der Waals surface area (Å²) < 4.78 is 4.56. The van der Waals surface area contributed by atoms with Crippen LogP contribution in [0.1, 0.15) is 31.1 Å². The molecule has 1 aromatic carbocycles. The summed E-state index contributed by atoms with van der Waals surface area (Å²) in [5.41, 5.74) is -1.53. The van der Waals surface area contributed by atoms with E-state index in [4.69, 9.17) is 4.74 Å². The van der Waals surface area contributed by atoms with Crippen LogP contribution in [0.3, 0.4) is 0 Å². The summed E-state index contributed by atoms with van der Waals surface area (Å²) >= 11 is 1.20. The first-order valence-electron chi connectivity index (χ1n) is 8.97. The maximum atomic E-state index is 12.9. The van der Waals surface area contributed by atoms with Crippen molar-refractivity contribution in [3.05, 3.63) is 42.5 Å². The zero-order chi connectivity index (χ0) is 21.6. The summed E-state index contributed by atoms with van der Waals surface area (Å²) in [6.07, 6.45) is 1.59. The molecule has 2 aliphatic rings. The molecule has 0 unspecified atom stereocenters. The number of rotatable bonds is 7. The molecule has 0 aliphatic carbocycles. The van der Waals surface area contributed by atoms with Gasteiger partial charge in [-0.15, -0.1) is 11.8 Å². The van der Waals surface area contributed by atoms with E-state index < -0.39 is 45.3 Å². The normalized spacial score (nSPS) is 26.9. The number of thioether (sulfide) groups is 1. The molecule has 2 heterocycles. The highest BCUT2D eigenvalue weighted by Gasteiger charge is 2.74. The van der Waals surface area contributed by atoms with E-state index in [0.29, 0.717) is 12.4 Å². The lowest BCUT2D eigenvalue weighted by Gasteiger charge is -2.51. The number of hydrogen-bond donors (Lipinski definition) is 2. The number of aliphatic carboxylic acids is 1. The van der Waals surface area contributed by atoms with Crippen LogP contribution in [0, 0.1) is 0 Å². The van der Waals surface area contributed by atoms with Crippen molar-refractivity contribution >= 4 is 35.3 Å². The standard InChI is InChI=1S/C20H22N2O6S/c1-5-10-28-13-8-6-12(7-9-13)15(24)21-20(11(2)23)17(27)22-14(16(25)26)19(3,4)29-18(20)22/h5-9,14,18H,1,10H2,2-4H3,(H,21,24)(H,25,26)/t14-,18+,20-/m0/s1. The Balaban J connectivity index is 1.85. The lowest BCUT2D eigenvalue weighted by atomic mass is 9.81. The van der Waals surface area contributed by atoms with Gasteiger partial charge in [0.15, 0.2) is 5.78 Å². The van der Waals surface area contributed by atoms with E-state index in [-0.39, 0.29) is 5.56 Å². The first-order valence-corrected chi connectivity index (χ1v) is 9.85. The molecule has 2 aliphatic heterocycles. The third-order valence-corrected chi connectivity index (χ3v) is 6.77. The van der Waals surface area contributed by atoms with E-state index in [0.717, 1.165) is 0 Å². The number of carbonyl (C=O) groups excluding carboxylic acids is 3. The van der Waals surface area contributed by atoms with Crippen molar-refractivity contribution in [2.24, 2.45) is 0 Å². The predicted molar refractivity (Wildman–Crippen MR) is 107 cm³/mol. The Morgan fingerprint density at radius 3 is 2.45 bits per heavy atom. The SMILES string of the molecule is C=CCOc1ccc(C(=O)N[C@@]2(C(C)=O)C(=O)N3[C@@H](C(=O)O)C(C)(C)S[C@@H]32)cc1. The van der Waals surface area contributed by atoms with Gasteiger partial charge in [0.25, 0.3) is 11.8 Å². The molecule has 2 saturated heterocycles. The minimum absolute atomic E-state index is 0.250. The first-order chi connectivity index (χ1) is 13.6. The molecule has 1 aromatic rings. The molecule has 0 spiro atoms. The van der Waals surface area contributed by atoms with Gasteiger partial charge in [-0.3, -0.25) is 14.4 Å². The zero-order valence-electron chi connectivity index (χ0n) is 16.3. The van der Waals surface area contributed by atoms with Crippen LogP contribution in [0.25, 0.3) is 0 Å². The second-order valence-corrected chi connectivity index (χ2v) is 9.20. The van der Waals surface area contributed by atoms with Crippen LogP contribution in [0.2, 0.25) is 0 Å². The Labute approximate surface area is 172 Å². The lowest BCUT2D eigenvalue weighted by molar-refractivity contribution is -0.170. The highest BCUT2D eigenvalue weighted by Crippen LogP contribution is 2.55. The topological polar surface area (TPSA) is 113 Å². The highest BCUT2D eigenvalue weighted by molar-refractivity contribution is 8.01. The van der Waals surface area contributed by atoms with Crippen LogP contribution in [-0.2, 0) is 14.4 Å². The number of nitrogens with zero attached hydrogens (tertiary/aromatic N) is 1. The summed E-state index contributed by atoms with van der Waals surface area (Å²) in [5, 5.41) is 11.3. The zero-order valence-corrected chi connectivity index (χ0v) is 17.1. The lowest BCUT2D eigenvalue weighted by Crippen LogP contribution is -2.82. The van der Waals surface area contributed by atoms with Gasteiger partial charge >= 0.3 is 5.97 Å².